The van der Waals surface area contributed by atoms with Crippen LogP contribution in [0.3, 0.4) is 0 Å². The van der Waals surface area contributed by atoms with Crippen molar-refractivity contribution in [2.75, 3.05) is 11.9 Å². The van der Waals surface area contributed by atoms with E-state index in [2.05, 4.69) is 16.0 Å². The fourth-order valence-corrected chi connectivity index (χ4v) is 1.58. The molecule has 3 N–H and O–H groups in total. The number of benzene rings is 1. The quantitative estimate of drug-likeness (QED) is 0.682. The molecule has 2 rings (SSSR count). The van der Waals surface area contributed by atoms with Gasteiger partial charge >= 0.3 is 6.03 Å². The second-order valence-corrected chi connectivity index (χ2v) is 3.77. The van der Waals surface area contributed by atoms with Gasteiger partial charge in [0.15, 0.2) is 0 Å². The number of rotatable bonds is 2. The number of hydrogen-bond acceptors (Lipinski definition) is 3. The molecule has 1 aliphatic rings. The third-order valence-electron chi connectivity index (χ3n) is 2.38. The van der Waals surface area contributed by atoms with Crippen LogP contribution >= 0.6 is 0 Å². The monoisotopic (exact) mass is 219 g/mol. The maximum atomic E-state index is 11.5. The summed E-state index contributed by atoms with van der Waals surface area (Å²) in [5, 5.41) is 7.84. The SMILES string of the molecule is Cc1cccc(N[C@@H]2CNC(=O)NC2=O)c1. The Hall–Kier alpha value is -2.04. The standard InChI is InChI=1S/C11H13N3O2/c1-7-3-2-4-8(5-7)13-9-6-12-11(16)14-10(9)15/h2-5,9,13H,6H2,1H3,(H2,12,14,15,16)/t9-/m1/s1. The van der Waals surface area contributed by atoms with E-state index in [0.29, 0.717) is 6.54 Å². The summed E-state index contributed by atoms with van der Waals surface area (Å²) in [5.41, 5.74) is 1.99. The number of anilines is 1. The molecule has 1 aromatic rings. The smallest absolute Gasteiger partial charge is 0.321 e. The summed E-state index contributed by atoms with van der Waals surface area (Å²) in [4.78, 5) is 22.3. The Labute approximate surface area is 93.2 Å². The van der Waals surface area contributed by atoms with E-state index in [1.54, 1.807) is 0 Å². The molecule has 1 heterocycles. The van der Waals surface area contributed by atoms with Crippen molar-refractivity contribution in [3.8, 4) is 0 Å². The molecule has 1 aliphatic heterocycles. The minimum Gasteiger partial charge on any atom is -0.372 e. The summed E-state index contributed by atoms with van der Waals surface area (Å²) in [7, 11) is 0. The third kappa shape index (κ3) is 2.31. The first-order valence-corrected chi connectivity index (χ1v) is 5.07. The van der Waals surface area contributed by atoms with E-state index in [0.717, 1.165) is 11.3 Å². The number of carbonyl (C=O) groups is 2. The molecule has 0 spiro atoms. The molecule has 1 atom stereocenters. The van der Waals surface area contributed by atoms with Crippen LogP contribution in [0.1, 0.15) is 5.56 Å². The van der Waals surface area contributed by atoms with Crippen molar-refractivity contribution in [3.05, 3.63) is 29.8 Å². The molecule has 5 heteroatoms. The van der Waals surface area contributed by atoms with Gasteiger partial charge in [0.05, 0.1) is 0 Å². The molecular formula is C11H13N3O2. The second kappa shape index (κ2) is 4.22. The van der Waals surface area contributed by atoms with Crippen LogP contribution in [-0.4, -0.2) is 24.5 Å². The summed E-state index contributed by atoms with van der Waals surface area (Å²) < 4.78 is 0. The van der Waals surface area contributed by atoms with Gasteiger partial charge in [-0.25, -0.2) is 4.79 Å². The average Bonchev–Trinajstić information content (AvgIpc) is 2.22. The molecule has 0 radical (unpaired) electrons. The highest BCUT2D eigenvalue weighted by molar-refractivity contribution is 6.00. The zero-order chi connectivity index (χ0) is 11.5. The number of amides is 3. The topological polar surface area (TPSA) is 70.2 Å². The van der Waals surface area contributed by atoms with Crippen molar-refractivity contribution in [3.63, 3.8) is 0 Å². The molecule has 84 valence electrons. The van der Waals surface area contributed by atoms with Gasteiger partial charge < -0.3 is 10.6 Å². The van der Waals surface area contributed by atoms with Gasteiger partial charge in [0.2, 0.25) is 0 Å². The third-order valence-corrected chi connectivity index (χ3v) is 2.38. The average molecular weight is 219 g/mol. The van der Waals surface area contributed by atoms with E-state index < -0.39 is 12.1 Å². The molecular weight excluding hydrogens is 206 g/mol. The predicted molar refractivity (Wildman–Crippen MR) is 60.1 cm³/mol. The maximum absolute atomic E-state index is 11.5. The van der Waals surface area contributed by atoms with Gasteiger partial charge in [-0.15, -0.1) is 0 Å². The van der Waals surface area contributed by atoms with Gasteiger partial charge in [0, 0.05) is 12.2 Å². The van der Waals surface area contributed by atoms with Crippen molar-refractivity contribution >= 4 is 17.6 Å². The van der Waals surface area contributed by atoms with Gasteiger partial charge in [-0.2, -0.15) is 0 Å². The Morgan fingerprint density at radius 2 is 2.19 bits per heavy atom. The first-order chi connectivity index (χ1) is 7.65. The fraction of sp³-hybridized carbons (Fsp3) is 0.273. The fourth-order valence-electron chi connectivity index (χ4n) is 1.58. The summed E-state index contributed by atoms with van der Waals surface area (Å²) in [6.07, 6.45) is 0. The van der Waals surface area contributed by atoms with E-state index in [9.17, 15) is 9.59 Å². The molecule has 0 saturated carbocycles. The molecule has 1 aromatic carbocycles. The van der Waals surface area contributed by atoms with E-state index in [1.807, 2.05) is 31.2 Å². The Balaban J connectivity index is 2.05. The van der Waals surface area contributed by atoms with Crippen LogP contribution in [0, 0.1) is 6.92 Å². The Kier molecular flexibility index (Phi) is 2.76. The van der Waals surface area contributed by atoms with Gasteiger partial charge in [0.1, 0.15) is 6.04 Å². The van der Waals surface area contributed by atoms with Crippen molar-refractivity contribution in [2.24, 2.45) is 0 Å². The summed E-state index contributed by atoms with van der Waals surface area (Å²) in [6, 6.07) is 6.87. The molecule has 1 saturated heterocycles. The number of nitrogens with one attached hydrogen (secondary N) is 3. The Morgan fingerprint density at radius 3 is 2.88 bits per heavy atom. The lowest BCUT2D eigenvalue weighted by Gasteiger charge is -2.23. The molecule has 0 unspecified atom stereocenters. The molecule has 0 bridgehead atoms. The zero-order valence-electron chi connectivity index (χ0n) is 8.91. The van der Waals surface area contributed by atoms with Crippen molar-refractivity contribution < 1.29 is 9.59 Å². The van der Waals surface area contributed by atoms with Crippen molar-refractivity contribution in [1.82, 2.24) is 10.6 Å². The van der Waals surface area contributed by atoms with Crippen LogP contribution in [-0.2, 0) is 4.79 Å². The highest BCUT2D eigenvalue weighted by Crippen LogP contribution is 2.11. The van der Waals surface area contributed by atoms with Gasteiger partial charge in [-0.3, -0.25) is 10.1 Å². The van der Waals surface area contributed by atoms with Crippen LogP contribution in [0.2, 0.25) is 0 Å². The Morgan fingerprint density at radius 1 is 1.38 bits per heavy atom. The molecule has 0 aliphatic carbocycles. The maximum Gasteiger partial charge on any atom is 0.321 e. The summed E-state index contributed by atoms with van der Waals surface area (Å²) in [6.45, 7) is 2.28. The van der Waals surface area contributed by atoms with Gasteiger partial charge in [-0.05, 0) is 24.6 Å². The zero-order valence-corrected chi connectivity index (χ0v) is 8.91. The van der Waals surface area contributed by atoms with Crippen molar-refractivity contribution in [2.45, 2.75) is 13.0 Å². The predicted octanol–water partition coefficient (Wildman–Crippen LogP) is 0.615. The van der Waals surface area contributed by atoms with Crippen LogP contribution < -0.4 is 16.0 Å². The number of imide groups is 1. The van der Waals surface area contributed by atoms with Crippen LogP contribution in [0.5, 0.6) is 0 Å². The van der Waals surface area contributed by atoms with Gasteiger partial charge in [-0.1, -0.05) is 12.1 Å². The van der Waals surface area contributed by atoms with Gasteiger partial charge in [0.25, 0.3) is 5.91 Å². The highest BCUT2D eigenvalue weighted by Gasteiger charge is 2.25. The number of urea groups is 1. The lowest BCUT2D eigenvalue weighted by molar-refractivity contribution is -0.121. The largest absolute Gasteiger partial charge is 0.372 e. The second-order valence-electron chi connectivity index (χ2n) is 3.77. The van der Waals surface area contributed by atoms with Crippen LogP contribution in [0.25, 0.3) is 0 Å². The first-order valence-electron chi connectivity index (χ1n) is 5.07. The minimum absolute atomic E-state index is 0.301. The van der Waals surface area contributed by atoms with E-state index in [1.165, 1.54) is 0 Å². The van der Waals surface area contributed by atoms with Crippen LogP contribution in [0.15, 0.2) is 24.3 Å². The van der Waals surface area contributed by atoms with Crippen molar-refractivity contribution in [1.29, 1.82) is 0 Å². The van der Waals surface area contributed by atoms with Crippen LogP contribution in [0.4, 0.5) is 10.5 Å². The molecule has 5 nitrogen and oxygen atoms in total. The summed E-state index contributed by atoms with van der Waals surface area (Å²) in [5.74, 6) is -0.301. The molecule has 16 heavy (non-hydrogen) atoms. The Bertz CT molecular complexity index is 431. The lowest BCUT2D eigenvalue weighted by Crippen LogP contribution is -2.57. The summed E-state index contributed by atoms with van der Waals surface area (Å²) >= 11 is 0. The van der Waals surface area contributed by atoms with E-state index in [4.69, 9.17) is 0 Å². The lowest BCUT2D eigenvalue weighted by atomic mass is 10.2. The first kappa shape index (κ1) is 10.5. The molecule has 0 aromatic heterocycles. The molecule has 1 fully saturated rings. The molecule has 3 amide bonds. The van der Waals surface area contributed by atoms with E-state index >= 15 is 0 Å². The van der Waals surface area contributed by atoms with E-state index in [-0.39, 0.29) is 5.91 Å². The minimum atomic E-state index is -0.438. The normalized spacial score (nSPS) is 19.9. The number of carbonyl (C=O) groups excluding carboxylic acids is 2. The number of hydrogen-bond donors (Lipinski definition) is 3. The number of aryl methyl sites for hydroxylation is 1. The highest BCUT2D eigenvalue weighted by atomic mass is 16.2.